The van der Waals surface area contributed by atoms with Crippen molar-refractivity contribution in [3.63, 3.8) is 0 Å². The molecule has 1 atom stereocenters. The summed E-state index contributed by atoms with van der Waals surface area (Å²) >= 11 is 0. The summed E-state index contributed by atoms with van der Waals surface area (Å²) in [5.74, 6) is 0. The maximum absolute atomic E-state index is 12.8. The number of anilines is 1. The van der Waals surface area contributed by atoms with Gasteiger partial charge in [0.05, 0.1) is 0 Å². The zero-order valence-corrected chi connectivity index (χ0v) is 21.8. The van der Waals surface area contributed by atoms with Gasteiger partial charge >= 0.3 is 16.2 Å². The van der Waals surface area contributed by atoms with E-state index in [0.29, 0.717) is 13.1 Å². The Hall–Kier alpha value is -0.00364. The minimum Gasteiger partial charge on any atom is -0.307 e. The molecule has 7 nitrogen and oxygen atoms in total. The number of urea groups is 1. The Balaban J connectivity index is 0.00000218. The van der Waals surface area contributed by atoms with E-state index in [4.69, 9.17) is 0 Å². The van der Waals surface area contributed by atoms with Crippen molar-refractivity contribution in [2.45, 2.75) is 63.8 Å². The smallest absolute Gasteiger partial charge is 0.307 e. The van der Waals surface area contributed by atoms with Crippen LogP contribution in [-0.4, -0.2) is 107 Å². The van der Waals surface area contributed by atoms with Crippen LogP contribution in [0.25, 0.3) is 0 Å². The van der Waals surface area contributed by atoms with Crippen molar-refractivity contribution >= 4 is 73.3 Å². The molecule has 1 aromatic rings. The molecule has 0 saturated carbocycles. The summed E-state index contributed by atoms with van der Waals surface area (Å²) < 4.78 is 29.3. The third-order valence-electron chi connectivity index (χ3n) is 7.06. The van der Waals surface area contributed by atoms with Crippen molar-refractivity contribution in [3.05, 3.63) is 28.3 Å². The van der Waals surface area contributed by atoms with Crippen molar-refractivity contribution in [1.29, 1.82) is 0 Å². The van der Waals surface area contributed by atoms with Crippen LogP contribution in [0.5, 0.6) is 0 Å². The minimum absolute atomic E-state index is 0. The van der Waals surface area contributed by atoms with E-state index in [9.17, 15) is 13.2 Å². The maximum atomic E-state index is 12.8. The molecule has 2 saturated heterocycles. The van der Waals surface area contributed by atoms with Gasteiger partial charge in [0, 0.05) is 76.2 Å². The van der Waals surface area contributed by atoms with Crippen LogP contribution in [0.1, 0.15) is 54.4 Å². The minimum atomic E-state index is -3.83. The Labute approximate surface area is 221 Å². The van der Waals surface area contributed by atoms with Gasteiger partial charge in [0.1, 0.15) is 0 Å². The number of carbonyl (C=O) groups is 1. The number of hydrogen-bond donors (Lipinski definition) is 2. The molecule has 1 aromatic carbocycles. The molecule has 2 aliphatic heterocycles. The van der Waals surface area contributed by atoms with Crippen molar-refractivity contribution in [3.8, 4) is 0 Å². The van der Waals surface area contributed by atoms with E-state index in [1.165, 1.54) is 39.4 Å². The number of rotatable bonds is 4. The van der Waals surface area contributed by atoms with Crippen LogP contribution < -0.4 is 10.0 Å². The summed E-state index contributed by atoms with van der Waals surface area (Å²) in [6.07, 6.45) is 9.40. The van der Waals surface area contributed by atoms with E-state index in [-0.39, 0.29) is 57.4 Å². The van der Waals surface area contributed by atoms with Gasteiger partial charge in [-0.3, -0.25) is 4.90 Å². The van der Waals surface area contributed by atoms with Gasteiger partial charge in [-0.2, -0.15) is 12.7 Å². The second-order valence-electron chi connectivity index (χ2n) is 8.84. The first kappa shape index (κ1) is 23.2. The van der Waals surface area contributed by atoms with Gasteiger partial charge in [0.25, 0.3) is 0 Å². The number of amides is 2. The van der Waals surface area contributed by atoms with Gasteiger partial charge < -0.3 is 5.32 Å². The van der Waals surface area contributed by atoms with Gasteiger partial charge in [-0.1, -0.05) is 6.07 Å². The van der Waals surface area contributed by atoms with Crippen LogP contribution in [0, 0.1) is 0 Å². The Morgan fingerprint density at radius 2 is 1.57 bits per heavy atom. The number of carbonyl (C=O) groups excluding carboxylic acids is 1. The molecular weight excluding hydrogens is 427 g/mol. The normalized spacial score (nSPS) is 23.8. The van der Waals surface area contributed by atoms with Gasteiger partial charge in [0.15, 0.2) is 0 Å². The number of aryl methyl sites for hydroxylation is 2. The molecule has 2 amide bonds. The summed E-state index contributed by atoms with van der Waals surface area (Å²) in [7, 11) is -3.83. The third-order valence-corrected chi connectivity index (χ3v) is 8.51. The second kappa shape index (κ2) is 9.47. The summed E-state index contributed by atoms with van der Waals surface area (Å²) in [6, 6.07) is 1.94. The molecule has 4 aliphatic rings. The average molecular weight is 458 g/mol. The molecule has 2 N–H and O–H groups in total. The fourth-order valence-corrected chi connectivity index (χ4v) is 6.75. The monoisotopic (exact) mass is 457 g/mol. The van der Waals surface area contributed by atoms with Crippen molar-refractivity contribution in [2.24, 2.45) is 0 Å². The van der Waals surface area contributed by atoms with Gasteiger partial charge in [-0.05, 0) is 93.1 Å². The summed E-state index contributed by atoms with van der Waals surface area (Å²) in [6.45, 7) is 3.05. The first-order chi connectivity index (χ1) is 14.0. The summed E-state index contributed by atoms with van der Waals surface area (Å²) in [4.78, 5) is 15.1. The molecular formula is C21H30KN4O3S. The van der Waals surface area contributed by atoms with E-state index in [0.717, 1.165) is 63.7 Å². The van der Waals surface area contributed by atoms with Gasteiger partial charge in [-0.15, -0.1) is 0 Å². The predicted molar refractivity (Wildman–Crippen MR) is 118 cm³/mol. The Bertz CT molecular complexity index is 898. The largest absolute Gasteiger partial charge is 0.333 e. The fourth-order valence-electron chi connectivity index (χ4n) is 5.62. The Morgan fingerprint density at radius 3 is 2.20 bits per heavy atom. The number of likely N-dealkylation sites (tertiary alicyclic amines) is 1. The molecule has 9 heteroatoms. The zero-order chi connectivity index (χ0) is 20.0. The molecule has 159 valence electrons. The Morgan fingerprint density at radius 1 is 0.933 bits per heavy atom. The van der Waals surface area contributed by atoms with Crippen LogP contribution in [0.4, 0.5) is 10.5 Å². The second-order valence-corrected chi connectivity index (χ2v) is 10.5. The maximum Gasteiger partial charge on any atom is 0.333 e. The van der Waals surface area contributed by atoms with Crippen LogP contribution in [0.15, 0.2) is 6.07 Å². The molecule has 30 heavy (non-hydrogen) atoms. The van der Waals surface area contributed by atoms with E-state index in [1.54, 1.807) is 0 Å². The first-order valence-electron chi connectivity index (χ1n) is 11.0. The predicted octanol–water partition coefficient (Wildman–Crippen LogP) is 1.82. The van der Waals surface area contributed by atoms with Crippen LogP contribution >= 0.6 is 0 Å². The number of hydrogen-bond acceptors (Lipinski definition) is 4. The molecule has 5 rings (SSSR count). The molecule has 2 fully saturated rings. The van der Waals surface area contributed by atoms with E-state index in [2.05, 4.69) is 21.0 Å². The zero-order valence-electron chi connectivity index (χ0n) is 17.9. The number of nitrogens with one attached hydrogen (secondary N) is 2. The third kappa shape index (κ3) is 4.55. The van der Waals surface area contributed by atoms with Crippen molar-refractivity contribution < 1.29 is 13.2 Å². The first-order valence-corrected chi connectivity index (χ1v) is 12.4. The number of fused-ring (bicyclic) bond motifs is 2. The number of benzene rings is 1. The molecule has 0 bridgehead atoms. The van der Waals surface area contributed by atoms with Crippen LogP contribution in [-0.2, 0) is 35.9 Å². The van der Waals surface area contributed by atoms with Gasteiger partial charge in [0.2, 0.25) is 0 Å². The quantitative estimate of drug-likeness (QED) is 0.676. The fraction of sp³-hybridized carbons (Fsp3) is 0.667. The molecule has 1 radical (unpaired) electrons. The van der Waals surface area contributed by atoms with E-state index >= 15 is 0 Å². The molecule has 0 aromatic heterocycles. The summed E-state index contributed by atoms with van der Waals surface area (Å²) in [5.41, 5.74) is 5.91. The van der Waals surface area contributed by atoms with Crippen molar-refractivity contribution in [1.82, 2.24) is 13.9 Å². The number of nitrogens with zero attached hydrogens (tertiary/aromatic N) is 2. The van der Waals surface area contributed by atoms with Crippen LogP contribution in [0.2, 0.25) is 0 Å². The molecule has 0 spiro atoms. The average Bonchev–Trinajstić information content (AvgIpc) is 3.46. The molecule has 2 aliphatic carbocycles. The Kier molecular flexibility index (Phi) is 7.31. The van der Waals surface area contributed by atoms with Gasteiger partial charge in [-0.25, -0.2) is 9.52 Å². The molecule has 1 unspecified atom stereocenters. The SMILES string of the molecule is O=C(Nc1c2c(cc3c1CCC3)CCC2)NS(=O)(=O)N1CCC(N2CCCC2)C1.[K]. The topological polar surface area (TPSA) is 81.8 Å². The molecule has 2 heterocycles. The van der Waals surface area contributed by atoms with Crippen LogP contribution in [0.3, 0.4) is 0 Å². The van der Waals surface area contributed by atoms with E-state index < -0.39 is 16.2 Å². The standard InChI is InChI=1S/C21H30N4O3S.K/c26-21(22-20-18-7-3-5-15(18)13-16-6-4-8-19(16)20)23-29(27,28)25-12-9-17(14-25)24-10-1-2-11-24;/h13,17H,1-12,14H2,(H2,22,23,26);. The van der Waals surface area contributed by atoms with Crippen molar-refractivity contribution in [2.75, 3.05) is 31.5 Å². The summed E-state index contributed by atoms with van der Waals surface area (Å²) in [5, 5.41) is 2.92. The van der Waals surface area contributed by atoms with E-state index in [1.807, 2.05) is 0 Å².